The molecule has 5 heteroatoms. The SMILES string of the molecule is Cc1ccc(C(C)O[Si](C)(C)C(C)(C)C)cc1NC(=O)OC(C)(C)C. The number of rotatable bonds is 4. The van der Waals surface area contributed by atoms with Crippen LogP contribution < -0.4 is 5.32 Å². The van der Waals surface area contributed by atoms with E-state index in [1.54, 1.807) is 0 Å². The van der Waals surface area contributed by atoms with Gasteiger partial charge in [-0.2, -0.15) is 0 Å². The molecule has 0 fully saturated rings. The van der Waals surface area contributed by atoms with Crippen molar-refractivity contribution in [2.24, 2.45) is 0 Å². The number of anilines is 1. The highest BCUT2D eigenvalue weighted by molar-refractivity contribution is 6.74. The summed E-state index contributed by atoms with van der Waals surface area (Å²) in [6.07, 6.45) is -0.466. The maximum absolute atomic E-state index is 12.1. The van der Waals surface area contributed by atoms with Crippen molar-refractivity contribution in [1.82, 2.24) is 0 Å². The third-order valence-electron chi connectivity index (χ3n) is 4.64. The molecule has 0 aliphatic carbocycles. The molecule has 0 spiro atoms. The summed E-state index contributed by atoms with van der Waals surface area (Å²) in [5, 5.41) is 3.01. The van der Waals surface area contributed by atoms with Crippen molar-refractivity contribution < 1.29 is 14.0 Å². The lowest BCUT2D eigenvalue weighted by molar-refractivity contribution is 0.0635. The first kappa shape index (κ1) is 21.7. The Bertz CT molecular complexity index is 612. The second-order valence-corrected chi connectivity index (χ2v) is 14.0. The van der Waals surface area contributed by atoms with Crippen LogP contribution in [0.1, 0.15) is 65.7 Å². The van der Waals surface area contributed by atoms with Crippen LogP contribution in [-0.2, 0) is 9.16 Å². The van der Waals surface area contributed by atoms with E-state index < -0.39 is 20.0 Å². The van der Waals surface area contributed by atoms with Crippen LogP contribution in [0.2, 0.25) is 18.1 Å². The molecule has 1 unspecified atom stereocenters. The minimum absolute atomic E-state index is 0.0271. The summed E-state index contributed by atoms with van der Waals surface area (Å²) in [5.74, 6) is 0. The fourth-order valence-electron chi connectivity index (χ4n) is 2.13. The maximum Gasteiger partial charge on any atom is 0.412 e. The maximum atomic E-state index is 12.1. The van der Waals surface area contributed by atoms with Gasteiger partial charge in [0.05, 0.1) is 6.10 Å². The van der Waals surface area contributed by atoms with Crippen molar-refractivity contribution in [3.05, 3.63) is 29.3 Å². The van der Waals surface area contributed by atoms with E-state index in [-0.39, 0.29) is 11.1 Å². The molecule has 1 amide bonds. The molecule has 1 N–H and O–H groups in total. The van der Waals surface area contributed by atoms with Crippen LogP contribution in [-0.4, -0.2) is 20.0 Å². The smallest absolute Gasteiger partial charge is 0.412 e. The molecule has 25 heavy (non-hydrogen) atoms. The van der Waals surface area contributed by atoms with Crippen molar-refractivity contribution in [3.8, 4) is 0 Å². The molecule has 0 aromatic heterocycles. The lowest BCUT2D eigenvalue weighted by Gasteiger charge is -2.38. The number of ether oxygens (including phenoxy) is 1. The van der Waals surface area contributed by atoms with Crippen LogP contribution in [0.4, 0.5) is 10.5 Å². The zero-order valence-corrected chi connectivity index (χ0v) is 18.5. The zero-order chi connectivity index (χ0) is 19.6. The summed E-state index contributed by atoms with van der Waals surface area (Å²) in [6.45, 7) is 20.8. The van der Waals surface area contributed by atoms with E-state index in [0.717, 1.165) is 16.8 Å². The number of hydrogen-bond acceptors (Lipinski definition) is 3. The summed E-state index contributed by atoms with van der Waals surface area (Å²) in [6, 6.07) is 6.05. The Balaban J connectivity index is 2.95. The number of hydrogen-bond donors (Lipinski definition) is 1. The monoisotopic (exact) mass is 365 g/mol. The topological polar surface area (TPSA) is 47.6 Å². The van der Waals surface area contributed by atoms with Crippen molar-refractivity contribution in [2.45, 2.75) is 85.2 Å². The van der Waals surface area contributed by atoms with Crippen molar-refractivity contribution >= 4 is 20.1 Å². The Hall–Kier alpha value is -1.33. The molecule has 4 nitrogen and oxygen atoms in total. The van der Waals surface area contributed by atoms with Gasteiger partial charge >= 0.3 is 6.09 Å². The van der Waals surface area contributed by atoms with Gasteiger partial charge in [0, 0.05) is 5.69 Å². The number of carbonyl (C=O) groups is 1. The molecule has 0 bridgehead atoms. The fourth-order valence-corrected chi connectivity index (χ4v) is 3.50. The largest absolute Gasteiger partial charge is 0.444 e. The predicted octanol–water partition coefficient (Wildman–Crippen LogP) is 6.42. The first-order valence-corrected chi connectivity index (χ1v) is 11.8. The van der Waals surface area contributed by atoms with Crippen molar-refractivity contribution in [3.63, 3.8) is 0 Å². The van der Waals surface area contributed by atoms with E-state index in [1.165, 1.54) is 0 Å². The average molecular weight is 366 g/mol. The number of nitrogens with one attached hydrogen (secondary N) is 1. The third kappa shape index (κ3) is 6.48. The minimum Gasteiger partial charge on any atom is -0.444 e. The first-order chi connectivity index (χ1) is 11.1. The number of aryl methyl sites for hydroxylation is 1. The lowest BCUT2D eigenvalue weighted by Crippen LogP contribution is -2.41. The van der Waals surface area contributed by atoms with Crippen LogP contribution in [0.25, 0.3) is 0 Å². The van der Waals surface area contributed by atoms with E-state index in [9.17, 15) is 4.79 Å². The third-order valence-corrected chi connectivity index (χ3v) is 9.20. The molecule has 0 aliphatic heterocycles. The van der Waals surface area contributed by atoms with Crippen molar-refractivity contribution in [1.29, 1.82) is 0 Å². The van der Waals surface area contributed by atoms with E-state index in [1.807, 2.05) is 39.8 Å². The van der Waals surface area contributed by atoms with Gasteiger partial charge in [-0.3, -0.25) is 5.32 Å². The Morgan fingerprint density at radius 1 is 1.12 bits per heavy atom. The Labute approximate surface area is 154 Å². The fraction of sp³-hybridized carbons (Fsp3) is 0.650. The number of benzene rings is 1. The van der Waals surface area contributed by atoms with E-state index in [4.69, 9.17) is 9.16 Å². The van der Waals surface area contributed by atoms with E-state index in [2.05, 4.69) is 52.2 Å². The van der Waals surface area contributed by atoms with Gasteiger partial charge in [0.1, 0.15) is 5.60 Å². The number of carbonyl (C=O) groups excluding carboxylic acids is 1. The van der Waals surface area contributed by atoms with Crippen LogP contribution in [0.5, 0.6) is 0 Å². The molecule has 0 saturated heterocycles. The molecule has 0 radical (unpaired) electrons. The average Bonchev–Trinajstić information content (AvgIpc) is 2.37. The standard InChI is InChI=1S/C20H35NO3Si/c1-14-11-12-16(15(2)24-25(9,10)20(6,7)8)13-17(14)21-18(22)23-19(3,4)5/h11-13,15H,1-10H3,(H,21,22). The molecule has 1 atom stereocenters. The summed E-state index contributed by atoms with van der Waals surface area (Å²) in [7, 11) is -1.86. The zero-order valence-electron chi connectivity index (χ0n) is 17.5. The first-order valence-electron chi connectivity index (χ1n) is 8.91. The highest BCUT2D eigenvalue weighted by atomic mass is 28.4. The van der Waals surface area contributed by atoms with Crippen LogP contribution in [0.15, 0.2) is 18.2 Å². The molecule has 0 heterocycles. The summed E-state index contributed by atoms with van der Waals surface area (Å²) in [5.41, 5.74) is 2.29. The Morgan fingerprint density at radius 2 is 1.68 bits per heavy atom. The predicted molar refractivity (Wildman–Crippen MR) is 108 cm³/mol. The van der Waals surface area contributed by atoms with Crippen molar-refractivity contribution in [2.75, 3.05) is 5.32 Å². The highest BCUT2D eigenvalue weighted by Gasteiger charge is 2.38. The number of amides is 1. The molecule has 1 rings (SSSR count). The summed E-state index contributed by atoms with van der Waals surface area (Å²) < 4.78 is 11.8. The molecule has 1 aromatic rings. The van der Waals surface area contributed by atoms with E-state index in [0.29, 0.717) is 0 Å². The molecular formula is C20H35NO3Si. The second kappa shape index (κ2) is 7.50. The van der Waals surface area contributed by atoms with Gasteiger partial charge in [-0.1, -0.05) is 32.9 Å². The second-order valence-electron chi connectivity index (χ2n) is 9.22. The van der Waals surface area contributed by atoms with Gasteiger partial charge in [-0.05, 0) is 69.9 Å². The van der Waals surface area contributed by atoms with Gasteiger partial charge < -0.3 is 9.16 Å². The lowest BCUT2D eigenvalue weighted by atomic mass is 10.1. The molecule has 0 saturated carbocycles. The van der Waals surface area contributed by atoms with Crippen LogP contribution in [0.3, 0.4) is 0 Å². The van der Waals surface area contributed by atoms with Gasteiger partial charge in [0.25, 0.3) is 0 Å². The van der Waals surface area contributed by atoms with Gasteiger partial charge in [-0.25, -0.2) is 4.79 Å². The quantitative estimate of drug-likeness (QED) is 0.626. The minimum atomic E-state index is -1.86. The molecular weight excluding hydrogens is 330 g/mol. The summed E-state index contributed by atoms with van der Waals surface area (Å²) in [4.78, 5) is 12.1. The van der Waals surface area contributed by atoms with E-state index >= 15 is 0 Å². The van der Waals surface area contributed by atoms with Crippen LogP contribution in [0, 0.1) is 6.92 Å². The summed E-state index contributed by atoms with van der Waals surface area (Å²) >= 11 is 0. The Kier molecular flexibility index (Phi) is 6.51. The Morgan fingerprint density at radius 3 is 2.16 bits per heavy atom. The molecule has 1 aromatic carbocycles. The molecule has 142 valence electrons. The highest BCUT2D eigenvalue weighted by Crippen LogP contribution is 2.40. The normalized spacial score (nSPS) is 14.2. The van der Waals surface area contributed by atoms with Gasteiger partial charge in [-0.15, -0.1) is 0 Å². The van der Waals surface area contributed by atoms with Crippen LogP contribution >= 0.6 is 0 Å². The van der Waals surface area contributed by atoms with Gasteiger partial charge in [0.15, 0.2) is 8.32 Å². The van der Waals surface area contributed by atoms with Gasteiger partial charge in [0.2, 0.25) is 0 Å². The molecule has 0 aliphatic rings.